The summed E-state index contributed by atoms with van der Waals surface area (Å²) in [7, 11) is 1.60. The van der Waals surface area contributed by atoms with E-state index in [9.17, 15) is 4.79 Å². The third kappa shape index (κ3) is 2.94. The summed E-state index contributed by atoms with van der Waals surface area (Å²) in [6.07, 6.45) is 2.84. The number of methoxy groups -OCH3 is 1. The van der Waals surface area contributed by atoms with Gasteiger partial charge in [-0.05, 0) is 19.1 Å². The monoisotopic (exact) mass is 312 g/mol. The third-order valence-electron chi connectivity index (χ3n) is 3.43. The first kappa shape index (κ1) is 14.8. The van der Waals surface area contributed by atoms with E-state index in [1.54, 1.807) is 7.11 Å². The van der Waals surface area contributed by atoms with E-state index >= 15 is 0 Å². The number of benzene rings is 1. The molecule has 0 saturated carbocycles. The number of nitrogens with zero attached hydrogens (tertiary/aromatic N) is 2. The van der Waals surface area contributed by atoms with Crippen molar-refractivity contribution in [3.05, 3.63) is 48.1 Å². The van der Waals surface area contributed by atoms with Gasteiger partial charge in [0.1, 0.15) is 17.3 Å². The molecule has 0 radical (unpaired) electrons. The maximum atomic E-state index is 11.2. The molecule has 0 unspecified atom stereocenters. The lowest BCUT2D eigenvalue weighted by atomic mass is 10.2. The molecule has 2 heterocycles. The molecule has 0 fully saturated rings. The van der Waals surface area contributed by atoms with Crippen molar-refractivity contribution >= 4 is 22.7 Å². The minimum absolute atomic E-state index is 0.105. The fraction of sp³-hybridized carbons (Fsp3) is 0.188. The first-order valence-electron chi connectivity index (χ1n) is 7.03. The van der Waals surface area contributed by atoms with E-state index in [4.69, 9.17) is 14.9 Å². The lowest BCUT2D eigenvalue weighted by molar-refractivity contribution is 0.0995. The number of hydrogen-bond acceptors (Lipinski definition) is 6. The molecule has 0 aliphatic heterocycles. The van der Waals surface area contributed by atoms with E-state index < -0.39 is 5.91 Å². The molecule has 1 atom stereocenters. The second-order valence-electron chi connectivity index (χ2n) is 5.05. The minimum atomic E-state index is -0.623. The van der Waals surface area contributed by atoms with Gasteiger partial charge in [-0.2, -0.15) is 0 Å². The molecule has 2 aromatic heterocycles. The average Bonchev–Trinajstić information content (AvgIpc) is 2.99. The normalized spacial score (nSPS) is 12.1. The summed E-state index contributed by atoms with van der Waals surface area (Å²) in [4.78, 5) is 19.2. The highest BCUT2D eigenvalue weighted by molar-refractivity contribution is 5.90. The lowest BCUT2D eigenvalue weighted by Gasteiger charge is -2.11. The Bertz CT molecular complexity index is 859. The van der Waals surface area contributed by atoms with E-state index in [2.05, 4.69) is 15.3 Å². The number of carbonyl (C=O) groups is 1. The molecule has 3 rings (SSSR count). The molecule has 7 nitrogen and oxygen atoms in total. The summed E-state index contributed by atoms with van der Waals surface area (Å²) >= 11 is 0. The van der Waals surface area contributed by atoms with Gasteiger partial charge in [0, 0.05) is 5.39 Å². The van der Waals surface area contributed by atoms with Crippen LogP contribution in [0.15, 0.2) is 41.1 Å². The molecule has 1 aromatic carbocycles. The molecule has 3 aromatic rings. The van der Waals surface area contributed by atoms with Crippen molar-refractivity contribution in [2.24, 2.45) is 5.73 Å². The fourth-order valence-corrected chi connectivity index (χ4v) is 2.28. The van der Waals surface area contributed by atoms with Crippen molar-refractivity contribution in [3.63, 3.8) is 0 Å². The number of fused-ring (bicyclic) bond motifs is 1. The second kappa shape index (κ2) is 5.96. The zero-order chi connectivity index (χ0) is 16.4. The minimum Gasteiger partial charge on any atom is -0.493 e. The summed E-state index contributed by atoms with van der Waals surface area (Å²) < 4.78 is 11.2. The number of amides is 1. The van der Waals surface area contributed by atoms with Gasteiger partial charge in [0.15, 0.2) is 11.3 Å². The molecule has 0 spiro atoms. The number of anilines is 1. The highest BCUT2D eigenvalue weighted by Crippen LogP contribution is 2.31. The van der Waals surface area contributed by atoms with Gasteiger partial charge in [-0.15, -0.1) is 0 Å². The maximum absolute atomic E-state index is 11.2. The number of carbonyl (C=O) groups excluding carboxylic acids is 1. The Balaban J connectivity index is 1.87. The van der Waals surface area contributed by atoms with Gasteiger partial charge in [0.05, 0.1) is 25.5 Å². The predicted molar refractivity (Wildman–Crippen MR) is 85.4 cm³/mol. The second-order valence-corrected chi connectivity index (χ2v) is 5.05. The summed E-state index contributed by atoms with van der Waals surface area (Å²) in [5, 5.41) is 4.08. The van der Waals surface area contributed by atoms with Gasteiger partial charge >= 0.3 is 0 Å². The first-order chi connectivity index (χ1) is 11.1. The van der Waals surface area contributed by atoms with Crippen molar-refractivity contribution in [2.75, 3.05) is 12.4 Å². The van der Waals surface area contributed by atoms with Crippen molar-refractivity contribution in [2.45, 2.75) is 13.0 Å². The Hall–Kier alpha value is -3.09. The number of rotatable bonds is 5. The topological polar surface area (TPSA) is 103 Å². The quantitative estimate of drug-likeness (QED) is 0.750. The van der Waals surface area contributed by atoms with Crippen molar-refractivity contribution < 1.29 is 13.9 Å². The Labute approximate surface area is 132 Å². The average molecular weight is 312 g/mol. The molecule has 23 heavy (non-hydrogen) atoms. The van der Waals surface area contributed by atoms with Crippen LogP contribution in [0.4, 0.5) is 5.82 Å². The highest BCUT2D eigenvalue weighted by Gasteiger charge is 2.15. The first-order valence-corrected chi connectivity index (χ1v) is 7.03. The number of furan rings is 1. The van der Waals surface area contributed by atoms with Gasteiger partial charge in [0.2, 0.25) is 0 Å². The van der Waals surface area contributed by atoms with Crippen LogP contribution in [0.1, 0.15) is 29.2 Å². The van der Waals surface area contributed by atoms with Crippen LogP contribution in [-0.4, -0.2) is 23.0 Å². The van der Waals surface area contributed by atoms with Gasteiger partial charge in [-0.25, -0.2) is 4.98 Å². The van der Waals surface area contributed by atoms with Crippen LogP contribution in [0.25, 0.3) is 11.0 Å². The van der Waals surface area contributed by atoms with Gasteiger partial charge in [-0.3, -0.25) is 9.78 Å². The van der Waals surface area contributed by atoms with Crippen molar-refractivity contribution in [1.29, 1.82) is 0 Å². The van der Waals surface area contributed by atoms with Crippen LogP contribution in [0, 0.1) is 0 Å². The number of ether oxygens (including phenoxy) is 1. The number of hydrogen-bond donors (Lipinski definition) is 2. The lowest BCUT2D eigenvalue weighted by Crippen LogP contribution is -2.15. The van der Waals surface area contributed by atoms with E-state index in [0.29, 0.717) is 17.2 Å². The number of para-hydroxylation sites is 1. The third-order valence-corrected chi connectivity index (χ3v) is 3.43. The molecule has 7 heteroatoms. The predicted octanol–water partition coefficient (Wildman–Crippen LogP) is 2.50. The van der Waals surface area contributed by atoms with Crippen molar-refractivity contribution in [1.82, 2.24) is 9.97 Å². The standard InChI is InChI=1S/C16H16N4O3/c1-9(19-14-8-18-7-11(20-14)16(17)21)13-6-10-4-3-5-12(22-2)15(10)23-13/h3-9H,1-2H3,(H2,17,21)(H,19,20)/t9-/m0/s1. The van der Waals surface area contributed by atoms with Crippen LogP contribution >= 0.6 is 0 Å². The van der Waals surface area contributed by atoms with E-state index in [0.717, 1.165) is 11.1 Å². The molecule has 0 aliphatic rings. The van der Waals surface area contributed by atoms with E-state index in [1.165, 1.54) is 12.4 Å². The molecule has 0 bridgehead atoms. The van der Waals surface area contributed by atoms with Crippen molar-refractivity contribution in [3.8, 4) is 5.75 Å². The molecular weight excluding hydrogens is 296 g/mol. The number of aromatic nitrogens is 2. The van der Waals surface area contributed by atoms with Crippen LogP contribution < -0.4 is 15.8 Å². The SMILES string of the molecule is COc1cccc2cc([C@H](C)Nc3cncc(C(N)=O)n3)oc12. The van der Waals surface area contributed by atoms with E-state index in [-0.39, 0.29) is 11.7 Å². The summed E-state index contributed by atoms with van der Waals surface area (Å²) in [5.74, 6) is 1.22. The van der Waals surface area contributed by atoms with Gasteiger partial charge < -0.3 is 20.2 Å². The van der Waals surface area contributed by atoms with E-state index in [1.807, 2.05) is 31.2 Å². The largest absolute Gasteiger partial charge is 0.493 e. The molecule has 118 valence electrons. The highest BCUT2D eigenvalue weighted by atomic mass is 16.5. The van der Waals surface area contributed by atoms with Crippen LogP contribution in [0.2, 0.25) is 0 Å². The molecule has 0 aliphatic carbocycles. The molecule has 3 N–H and O–H groups in total. The van der Waals surface area contributed by atoms with Crippen LogP contribution in [0.3, 0.4) is 0 Å². The Morgan fingerprint density at radius 3 is 2.96 bits per heavy atom. The molecule has 0 saturated heterocycles. The molecular formula is C16H16N4O3. The van der Waals surface area contributed by atoms with Crippen LogP contribution in [0.5, 0.6) is 5.75 Å². The number of nitrogens with one attached hydrogen (secondary N) is 1. The van der Waals surface area contributed by atoms with Gasteiger partial charge in [0.25, 0.3) is 5.91 Å². The zero-order valence-corrected chi connectivity index (χ0v) is 12.7. The number of primary amides is 1. The van der Waals surface area contributed by atoms with Gasteiger partial charge in [-0.1, -0.05) is 12.1 Å². The smallest absolute Gasteiger partial charge is 0.268 e. The maximum Gasteiger partial charge on any atom is 0.268 e. The fourth-order valence-electron chi connectivity index (χ4n) is 2.28. The van der Waals surface area contributed by atoms with Crippen LogP contribution in [-0.2, 0) is 0 Å². The Morgan fingerprint density at radius 2 is 2.22 bits per heavy atom. The summed E-state index contributed by atoms with van der Waals surface area (Å²) in [6, 6.07) is 7.45. The Kier molecular flexibility index (Phi) is 3.84. The Morgan fingerprint density at radius 1 is 1.39 bits per heavy atom. The summed E-state index contributed by atoms with van der Waals surface area (Å²) in [5.41, 5.74) is 6.00. The molecule has 1 amide bonds. The summed E-state index contributed by atoms with van der Waals surface area (Å²) in [6.45, 7) is 1.92. The zero-order valence-electron chi connectivity index (χ0n) is 12.7. The number of nitrogens with two attached hydrogens (primary N) is 1.